The highest BCUT2D eigenvalue weighted by Gasteiger charge is 2.91. The zero-order valence-electron chi connectivity index (χ0n) is 21.3. The zero-order chi connectivity index (χ0) is 24.3. The first-order chi connectivity index (χ1) is 16.3. The van der Waals surface area contributed by atoms with Crippen molar-refractivity contribution in [2.24, 2.45) is 34.5 Å². The average molecular weight is 482 g/mol. The number of aliphatic hydroxyl groups excluding tert-OH is 2. The molecule has 7 bridgehead atoms. The second-order valence-electron chi connectivity index (χ2n) is 12.3. The first-order valence-corrected chi connectivity index (χ1v) is 13.2. The van der Waals surface area contributed by atoms with Crippen LogP contribution in [-0.4, -0.2) is 110 Å². The molecule has 1 heterocycles. The molecule has 3 N–H and O–H groups in total. The van der Waals surface area contributed by atoms with Gasteiger partial charge in [0.05, 0.1) is 37.1 Å². The van der Waals surface area contributed by atoms with Crippen molar-refractivity contribution in [3.05, 3.63) is 0 Å². The van der Waals surface area contributed by atoms with Gasteiger partial charge in [-0.05, 0) is 38.1 Å². The molecule has 1 aliphatic heterocycles. The van der Waals surface area contributed by atoms with Crippen LogP contribution >= 0.6 is 0 Å². The van der Waals surface area contributed by atoms with Crippen LogP contribution in [0.15, 0.2) is 0 Å². The number of ether oxygens (including phenoxy) is 4. The Balaban J connectivity index is 1.68. The van der Waals surface area contributed by atoms with Crippen molar-refractivity contribution < 1.29 is 34.3 Å². The van der Waals surface area contributed by atoms with Crippen molar-refractivity contribution in [1.82, 2.24) is 4.90 Å². The molecule has 34 heavy (non-hydrogen) atoms. The van der Waals surface area contributed by atoms with Gasteiger partial charge >= 0.3 is 0 Å². The third-order valence-electron chi connectivity index (χ3n) is 11.7. The van der Waals surface area contributed by atoms with Gasteiger partial charge in [0, 0.05) is 70.0 Å². The SMILES string of the molecule is CCCN1CC2(COC)CCC(O)C34C5CC6C(OC)CC(OC)(C5C6O)C(O)(C(OC)C23)C14. The Bertz CT molecular complexity index is 829. The smallest absolute Gasteiger partial charge is 0.136 e. The second-order valence-corrected chi connectivity index (χ2v) is 12.3. The molecule has 0 radical (unpaired) electrons. The number of likely N-dealkylation sites (tertiary alicyclic amines) is 1. The monoisotopic (exact) mass is 481 g/mol. The molecular formula is C26H43NO7. The second kappa shape index (κ2) is 7.60. The lowest BCUT2D eigenvalue weighted by Gasteiger charge is -2.70. The minimum absolute atomic E-state index is 0.00853. The highest BCUT2D eigenvalue weighted by molar-refractivity contribution is 5.41. The summed E-state index contributed by atoms with van der Waals surface area (Å²) in [6.07, 6.45) is 1.79. The Morgan fingerprint density at radius 3 is 2.47 bits per heavy atom. The molecule has 0 aromatic heterocycles. The number of methoxy groups -OCH3 is 4. The molecule has 1 saturated heterocycles. The maximum Gasteiger partial charge on any atom is 0.136 e. The van der Waals surface area contributed by atoms with Crippen LogP contribution in [0.1, 0.15) is 39.0 Å². The normalized spacial score (nSPS) is 59.5. The van der Waals surface area contributed by atoms with E-state index < -0.39 is 34.9 Å². The average Bonchev–Trinajstić information content (AvgIpc) is 3.17. The van der Waals surface area contributed by atoms with Gasteiger partial charge in [-0.1, -0.05) is 6.92 Å². The fourth-order valence-electron chi connectivity index (χ4n) is 11.2. The molecule has 8 nitrogen and oxygen atoms in total. The van der Waals surface area contributed by atoms with Crippen molar-refractivity contribution in [1.29, 1.82) is 0 Å². The lowest BCUT2D eigenvalue weighted by atomic mass is 9.42. The Morgan fingerprint density at radius 1 is 1.09 bits per heavy atom. The van der Waals surface area contributed by atoms with E-state index >= 15 is 0 Å². The Kier molecular flexibility index (Phi) is 5.38. The van der Waals surface area contributed by atoms with Crippen LogP contribution in [0.25, 0.3) is 0 Å². The van der Waals surface area contributed by atoms with Crippen molar-refractivity contribution >= 4 is 0 Å². The molecule has 6 fully saturated rings. The summed E-state index contributed by atoms with van der Waals surface area (Å²) in [4.78, 5) is 2.44. The first kappa shape index (κ1) is 24.0. The topological polar surface area (TPSA) is 101 Å². The van der Waals surface area contributed by atoms with Gasteiger partial charge in [-0.3, -0.25) is 4.90 Å². The van der Waals surface area contributed by atoms with Crippen LogP contribution in [0.3, 0.4) is 0 Å². The van der Waals surface area contributed by atoms with Crippen LogP contribution < -0.4 is 0 Å². The number of fused-ring (bicyclic) bond motifs is 2. The molecule has 0 amide bonds. The highest BCUT2D eigenvalue weighted by Crippen LogP contribution is 2.80. The summed E-state index contributed by atoms with van der Waals surface area (Å²) in [7, 11) is 6.82. The largest absolute Gasteiger partial charge is 0.392 e. The van der Waals surface area contributed by atoms with Crippen LogP contribution in [0.2, 0.25) is 0 Å². The highest BCUT2D eigenvalue weighted by atomic mass is 16.5. The van der Waals surface area contributed by atoms with E-state index in [1.807, 2.05) is 0 Å². The van der Waals surface area contributed by atoms with Crippen molar-refractivity contribution in [2.45, 2.75) is 80.7 Å². The molecule has 5 aliphatic carbocycles. The Labute approximate surface area is 202 Å². The first-order valence-electron chi connectivity index (χ1n) is 13.2. The molecule has 13 unspecified atom stereocenters. The third kappa shape index (κ3) is 2.27. The fraction of sp³-hybridized carbons (Fsp3) is 1.00. The summed E-state index contributed by atoms with van der Waals surface area (Å²) in [5, 5.41) is 36.9. The summed E-state index contributed by atoms with van der Waals surface area (Å²) in [6, 6.07) is -0.307. The molecule has 5 saturated carbocycles. The molecule has 6 aliphatic rings. The molecule has 6 rings (SSSR count). The van der Waals surface area contributed by atoms with E-state index in [1.54, 1.807) is 28.4 Å². The summed E-state index contributed by atoms with van der Waals surface area (Å²) in [6.45, 7) is 4.38. The maximum absolute atomic E-state index is 13.2. The number of nitrogens with zero attached hydrogens (tertiary/aromatic N) is 1. The van der Waals surface area contributed by atoms with Crippen molar-refractivity contribution in [3.8, 4) is 0 Å². The predicted octanol–water partition coefficient (Wildman–Crippen LogP) is 0.661. The van der Waals surface area contributed by atoms with Gasteiger partial charge in [0.25, 0.3) is 0 Å². The summed E-state index contributed by atoms with van der Waals surface area (Å²) < 4.78 is 24.6. The molecular weight excluding hydrogens is 438 g/mol. The maximum atomic E-state index is 13.2. The molecule has 0 aromatic carbocycles. The van der Waals surface area contributed by atoms with E-state index in [-0.39, 0.29) is 41.2 Å². The number of rotatable bonds is 7. The van der Waals surface area contributed by atoms with Crippen LogP contribution in [-0.2, 0) is 18.9 Å². The Hall–Kier alpha value is -0.320. The number of hydrogen-bond donors (Lipinski definition) is 3. The van der Waals surface area contributed by atoms with Gasteiger partial charge in [0.1, 0.15) is 11.2 Å². The molecule has 194 valence electrons. The van der Waals surface area contributed by atoms with E-state index in [2.05, 4.69) is 11.8 Å². The van der Waals surface area contributed by atoms with Gasteiger partial charge in [-0.25, -0.2) is 0 Å². The third-order valence-corrected chi connectivity index (χ3v) is 11.7. The predicted molar refractivity (Wildman–Crippen MR) is 123 cm³/mol. The summed E-state index contributed by atoms with van der Waals surface area (Å²) in [5.41, 5.74) is -3.24. The molecule has 13 atom stereocenters. The molecule has 8 heteroatoms. The quantitative estimate of drug-likeness (QED) is 0.488. The van der Waals surface area contributed by atoms with Crippen LogP contribution in [0.4, 0.5) is 0 Å². The summed E-state index contributed by atoms with van der Waals surface area (Å²) >= 11 is 0. The molecule has 1 spiro atoms. The fourth-order valence-corrected chi connectivity index (χ4v) is 11.2. The van der Waals surface area contributed by atoms with Gasteiger partial charge in [0.2, 0.25) is 0 Å². The summed E-state index contributed by atoms with van der Waals surface area (Å²) in [5.74, 6) is -0.360. The van der Waals surface area contributed by atoms with E-state index in [9.17, 15) is 15.3 Å². The van der Waals surface area contributed by atoms with Gasteiger partial charge in [-0.2, -0.15) is 0 Å². The minimum atomic E-state index is -1.40. The lowest BCUT2D eigenvalue weighted by Crippen LogP contribution is -2.82. The van der Waals surface area contributed by atoms with E-state index in [1.165, 1.54) is 0 Å². The van der Waals surface area contributed by atoms with Crippen molar-refractivity contribution in [3.63, 3.8) is 0 Å². The van der Waals surface area contributed by atoms with Crippen LogP contribution in [0, 0.1) is 34.5 Å². The van der Waals surface area contributed by atoms with Gasteiger partial charge < -0.3 is 34.3 Å². The van der Waals surface area contributed by atoms with E-state index in [0.717, 1.165) is 32.4 Å². The number of piperidine rings is 1. The van der Waals surface area contributed by atoms with E-state index in [4.69, 9.17) is 18.9 Å². The van der Waals surface area contributed by atoms with Gasteiger partial charge in [0.15, 0.2) is 0 Å². The van der Waals surface area contributed by atoms with Crippen molar-refractivity contribution in [2.75, 3.05) is 48.1 Å². The lowest BCUT2D eigenvalue weighted by molar-refractivity contribution is -0.324. The Morgan fingerprint density at radius 2 is 1.85 bits per heavy atom. The van der Waals surface area contributed by atoms with Crippen LogP contribution in [0.5, 0.6) is 0 Å². The zero-order valence-corrected chi connectivity index (χ0v) is 21.3. The minimum Gasteiger partial charge on any atom is -0.392 e. The van der Waals surface area contributed by atoms with Gasteiger partial charge in [-0.15, -0.1) is 0 Å². The molecule has 0 aromatic rings. The standard InChI is InChI=1S/C26H43NO7/c1-6-9-27-12-23(13-31-2)8-7-17(28)25-15-10-14-16(32-3)11-24(34-5,18(15)19(14)29)26(30,22(25)27)21(33-4)20(23)25/h14-22,28-30H,6-13H2,1-5H3. The number of hydrogen-bond acceptors (Lipinski definition) is 8. The van der Waals surface area contributed by atoms with E-state index in [0.29, 0.717) is 19.4 Å². The number of aliphatic hydroxyl groups is 3.